The molecule has 1 saturated carbocycles. The maximum absolute atomic E-state index is 12.7. The molecule has 0 unspecified atom stereocenters. The Morgan fingerprint density at radius 2 is 2.00 bits per heavy atom. The number of nitrogen functional groups attached to an aromatic ring is 1. The number of benzene rings is 1. The number of halogens is 4. The van der Waals surface area contributed by atoms with Crippen molar-refractivity contribution < 1.29 is 18.0 Å². The van der Waals surface area contributed by atoms with Crippen molar-refractivity contribution >= 4 is 23.2 Å². The zero-order chi connectivity index (χ0) is 13.6. The van der Waals surface area contributed by atoms with Gasteiger partial charge < -0.3 is 11.1 Å². The first-order valence-corrected chi connectivity index (χ1v) is 5.57. The molecule has 0 heterocycles. The lowest BCUT2D eigenvalue weighted by Crippen LogP contribution is -2.47. The Hall–Kier alpha value is -1.43. The highest BCUT2D eigenvalue weighted by atomic mass is 35.5. The van der Waals surface area contributed by atoms with Crippen LogP contribution in [0, 0.1) is 0 Å². The van der Waals surface area contributed by atoms with Crippen molar-refractivity contribution in [2.75, 3.05) is 5.73 Å². The van der Waals surface area contributed by atoms with Crippen molar-refractivity contribution in [3.8, 4) is 0 Å². The number of hydrogen-bond acceptors (Lipinski definition) is 2. The van der Waals surface area contributed by atoms with Crippen LogP contribution in [-0.2, 0) is 0 Å². The molecular weight excluding hydrogens is 269 g/mol. The highest BCUT2D eigenvalue weighted by molar-refractivity contribution is 6.34. The molecule has 1 aromatic carbocycles. The smallest absolute Gasteiger partial charge is 0.399 e. The lowest BCUT2D eigenvalue weighted by molar-refractivity contribution is -0.163. The summed E-state index contributed by atoms with van der Waals surface area (Å²) in [5, 5.41) is 2.03. The summed E-state index contributed by atoms with van der Waals surface area (Å²) in [6.45, 7) is 0. The van der Waals surface area contributed by atoms with Gasteiger partial charge in [0.25, 0.3) is 5.91 Å². The predicted molar refractivity (Wildman–Crippen MR) is 61.4 cm³/mol. The van der Waals surface area contributed by atoms with E-state index in [-0.39, 0.29) is 23.4 Å². The van der Waals surface area contributed by atoms with E-state index in [2.05, 4.69) is 0 Å². The molecule has 1 amide bonds. The van der Waals surface area contributed by atoms with E-state index in [0.717, 1.165) is 0 Å². The average Bonchev–Trinajstić information content (AvgIpc) is 2.97. The summed E-state index contributed by atoms with van der Waals surface area (Å²) in [5.74, 6) is -0.838. The summed E-state index contributed by atoms with van der Waals surface area (Å²) < 4.78 is 38.0. The van der Waals surface area contributed by atoms with Gasteiger partial charge in [0.2, 0.25) is 0 Å². The minimum absolute atomic E-state index is 0.0126. The largest absolute Gasteiger partial charge is 0.411 e. The van der Waals surface area contributed by atoms with E-state index in [1.807, 2.05) is 5.32 Å². The summed E-state index contributed by atoms with van der Waals surface area (Å²) in [6, 6.07) is 4.04. The number of nitrogens with two attached hydrogens (primary N) is 1. The molecule has 0 radical (unpaired) electrons. The van der Waals surface area contributed by atoms with Crippen LogP contribution in [0.15, 0.2) is 18.2 Å². The van der Waals surface area contributed by atoms with Crippen molar-refractivity contribution in [3.05, 3.63) is 28.8 Å². The van der Waals surface area contributed by atoms with Gasteiger partial charge in [-0.25, -0.2) is 0 Å². The van der Waals surface area contributed by atoms with Crippen LogP contribution in [0.2, 0.25) is 5.02 Å². The van der Waals surface area contributed by atoms with Gasteiger partial charge in [0.15, 0.2) is 0 Å². The second-order valence-electron chi connectivity index (χ2n) is 4.27. The number of hydrogen-bond donors (Lipinski definition) is 2. The van der Waals surface area contributed by atoms with E-state index < -0.39 is 17.6 Å². The predicted octanol–water partition coefficient (Wildman–Crippen LogP) is 2.75. The van der Waals surface area contributed by atoms with Crippen LogP contribution in [0.1, 0.15) is 23.2 Å². The number of anilines is 1. The highest BCUT2D eigenvalue weighted by Gasteiger charge is 2.64. The number of carbonyl (C=O) groups excluding carboxylic acids is 1. The molecule has 98 valence electrons. The van der Waals surface area contributed by atoms with E-state index in [4.69, 9.17) is 17.3 Å². The summed E-state index contributed by atoms with van der Waals surface area (Å²) in [7, 11) is 0. The van der Waals surface area contributed by atoms with Crippen LogP contribution in [-0.4, -0.2) is 17.6 Å². The van der Waals surface area contributed by atoms with E-state index >= 15 is 0 Å². The highest BCUT2D eigenvalue weighted by Crippen LogP contribution is 2.49. The van der Waals surface area contributed by atoms with Crippen molar-refractivity contribution in [3.63, 3.8) is 0 Å². The molecule has 7 heteroatoms. The van der Waals surface area contributed by atoms with Gasteiger partial charge in [-0.3, -0.25) is 4.79 Å². The zero-order valence-corrected chi connectivity index (χ0v) is 9.90. The summed E-state index contributed by atoms with van der Waals surface area (Å²) >= 11 is 5.77. The molecule has 1 fully saturated rings. The zero-order valence-electron chi connectivity index (χ0n) is 9.14. The van der Waals surface area contributed by atoms with Crippen LogP contribution >= 0.6 is 11.6 Å². The third kappa shape index (κ3) is 2.25. The molecule has 0 saturated heterocycles. The number of carbonyl (C=O) groups is 1. The molecule has 2 rings (SSSR count). The van der Waals surface area contributed by atoms with Gasteiger partial charge in [-0.05, 0) is 31.0 Å². The fourth-order valence-corrected chi connectivity index (χ4v) is 1.88. The van der Waals surface area contributed by atoms with Crippen molar-refractivity contribution in [2.45, 2.75) is 24.6 Å². The Morgan fingerprint density at radius 1 is 1.39 bits per heavy atom. The lowest BCUT2D eigenvalue weighted by atomic mass is 10.1. The number of rotatable bonds is 2. The first-order chi connectivity index (χ1) is 8.25. The molecule has 1 aliphatic carbocycles. The van der Waals surface area contributed by atoms with Crippen LogP contribution in [0.25, 0.3) is 0 Å². The Bertz CT molecular complexity index is 498. The fraction of sp³-hybridized carbons (Fsp3) is 0.364. The standard InChI is InChI=1S/C11H10ClF3N2O/c12-8-5-6(16)1-2-7(8)9(18)17-10(3-4-10)11(13,14)15/h1-2,5H,3-4,16H2,(H,17,18). The van der Waals surface area contributed by atoms with Crippen molar-refractivity contribution in [1.29, 1.82) is 0 Å². The van der Waals surface area contributed by atoms with Gasteiger partial charge in [0.1, 0.15) is 5.54 Å². The molecule has 0 spiro atoms. The van der Waals surface area contributed by atoms with E-state index in [1.54, 1.807) is 0 Å². The summed E-state index contributed by atoms with van der Waals surface area (Å²) in [5.41, 5.74) is 3.68. The monoisotopic (exact) mass is 278 g/mol. The van der Waals surface area contributed by atoms with Gasteiger partial charge in [-0.2, -0.15) is 13.2 Å². The molecule has 0 bridgehead atoms. The van der Waals surface area contributed by atoms with Crippen LogP contribution in [0.4, 0.5) is 18.9 Å². The number of alkyl halides is 3. The maximum Gasteiger partial charge on any atom is 0.411 e. The molecular formula is C11H10ClF3N2O. The SMILES string of the molecule is Nc1ccc(C(=O)NC2(C(F)(F)F)CC2)c(Cl)c1. The second kappa shape index (κ2) is 4.05. The topological polar surface area (TPSA) is 55.1 Å². The minimum Gasteiger partial charge on any atom is -0.399 e. The molecule has 3 N–H and O–H groups in total. The molecule has 0 aromatic heterocycles. The number of nitrogens with one attached hydrogen (secondary N) is 1. The Labute approximate surface area is 106 Å². The van der Waals surface area contributed by atoms with E-state index in [9.17, 15) is 18.0 Å². The average molecular weight is 279 g/mol. The van der Waals surface area contributed by atoms with Gasteiger partial charge in [-0.1, -0.05) is 11.6 Å². The van der Waals surface area contributed by atoms with Gasteiger partial charge in [0.05, 0.1) is 10.6 Å². The van der Waals surface area contributed by atoms with Crippen LogP contribution in [0.5, 0.6) is 0 Å². The molecule has 0 atom stereocenters. The first-order valence-electron chi connectivity index (χ1n) is 5.19. The van der Waals surface area contributed by atoms with E-state index in [0.29, 0.717) is 5.69 Å². The van der Waals surface area contributed by atoms with Crippen molar-refractivity contribution in [2.24, 2.45) is 0 Å². The van der Waals surface area contributed by atoms with Crippen molar-refractivity contribution in [1.82, 2.24) is 5.32 Å². The Morgan fingerprint density at radius 3 is 2.44 bits per heavy atom. The molecule has 0 aliphatic heterocycles. The third-order valence-electron chi connectivity index (χ3n) is 2.88. The molecule has 1 aliphatic rings. The number of amides is 1. The minimum atomic E-state index is -4.44. The first kappa shape index (κ1) is 13.0. The van der Waals surface area contributed by atoms with E-state index in [1.165, 1.54) is 18.2 Å². The normalized spacial score (nSPS) is 17.3. The lowest BCUT2D eigenvalue weighted by Gasteiger charge is -2.21. The summed E-state index contributed by atoms with van der Waals surface area (Å²) in [4.78, 5) is 11.7. The Balaban J connectivity index is 2.19. The quantitative estimate of drug-likeness (QED) is 0.817. The van der Waals surface area contributed by atoms with Gasteiger partial charge in [0, 0.05) is 5.69 Å². The summed E-state index contributed by atoms with van der Waals surface area (Å²) in [6.07, 6.45) is -4.65. The molecule has 3 nitrogen and oxygen atoms in total. The van der Waals surface area contributed by atoms with Gasteiger partial charge in [-0.15, -0.1) is 0 Å². The van der Waals surface area contributed by atoms with Crippen LogP contribution in [0.3, 0.4) is 0 Å². The van der Waals surface area contributed by atoms with Crippen LogP contribution < -0.4 is 11.1 Å². The maximum atomic E-state index is 12.7. The molecule has 18 heavy (non-hydrogen) atoms. The molecule has 1 aromatic rings. The third-order valence-corrected chi connectivity index (χ3v) is 3.20. The fourth-order valence-electron chi connectivity index (χ4n) is 1.60. The Kier molecular flexibility index (Phi) is 2.93. The van der Waals surface area contributed by atoms with Gasteiger partial charge >= 0.3 is 6.18 Å². The second-order valence-corrected chi connectivity index (χ2v) is 4.68.